The molecule has 0 amide bonds. The van der Waals surface area contributed by atoms with E-state index >= 15 is 0 Å². The summed E-state index contributed by atoms with van der Waals surface area (Å²) in [6.07, 6.45) is 1.76. The van der Waals surface area contributed by atoms with Gasteiger partial charge in [-0.25, -0.2) is 0 Å². The van der Waals surface area contributed by atoms with E-state index in [1.807, 2.05) is 0 Å². The Hall–Kier alpha value is 0.0700. The zero-order valence-corrected chi connectivity index (χ0v) is 7.20. The SMILES string of the molecule is NCCCC[C@@H](N)P(=O)(O)O. The second-order valence-electron chi connectivity index (χ2n) is 2.44. The molecule has 0 aliphatic carbocycles. The van der Waals surface area contributed by atoms with Gasteiger partial charge >= 0.3 is 7.60 Å². The molecule has 0 saturated carbocycles. The van der Waals surface area contributed by atoms with Crippen LogP contribution in [-0.4, -0.2) is 22.1 Å². The fourth-order valence-electron chi connectivity index (χ4n) is 0.666. The summed E-state index contributed by atoms with van der Waals surface area (Å²) < 4.78 is 10.5. The second-order valence-corrected chi connectivity index (χ2v) is 4.28. The maximum atomic E-state index is 10.5. The Morgan fingerprint density at radius 3 is 2.27 bits per heavy atom. The standard InChI is InChI=1S/C5H15N2O3P/c6-4-2-1-3-5(7)11(8,9)10/h5H,1-4,6-7H2,(H2,8,9,10)/t5-/m0/s1. The molecular formula is C5H15N2O3P. The van der Waals surface area contributed by atoms with Crippen molar-refractivity contribution >= 4 is 7.60 Å². The summed E-state index contributed by atoms with van der Waals surface area (Å²) in [4.78, 5) is 17.1. The summed E-state index contributed by atoms with van der Waals surface area (Å²) in [6, 6.07) is 0. The van der Waals surface area contributed by atoms with Gasteiger partial charge in [-0.1, -0.05) is 0 Å². The molecule has 0 aromatic heterocycles. The first-order chi connectivity index (χ1) is 4.98. The van der Waals surface area contributed by atoms with Crippen LogP contribution in [-0.2, 0) is 4.57 Å². The third kappa shape index (κ3) is 5.35. The van der Waals surface area contributed by atoms with Crippen LogP contribution in [0.25, 0.3) is 0 Å². The van der Waals surface area contributed by atoms with Crippen molar-refractivity contribution < 1.29 is 14.4 Å². The summed E-state index contributed by atoms with van der Waals surface area (Å²) >= 11 is 0. The van der Waals surface area contributed by atoms with Crippen molar-refractivity contribution in [3.63, 3.8) is 0 Å². The zero-order chi connectivity index (χ0) is 8.91. The molecule has 0 radical (unpaired) electrons. The van der Waals surface area contributed by atoms with Gasteiger partial charge in [-0.2, -0.15) is 0 Å². The Kier molecular flexibility index (Phi) is 4.88. The predicted molar refractivity (Wildman–Crippen MR) is 42.9 cm³/mol. The normalized spacial score (nSPS) is 14.9. The minimum atomic E-state index is -4.06. The van der Waals surface area contributed by atoms with Crippen LogP contribution in [0.4, 0.5) is 0 Å². The van der Waals surface area contributed by atoms with Crippen molar-refractivity contribution in [2.24, 2.45) is 11.5 Å². The highest BCUT2D eigenvalue weighted by Crippen LogP contribution is 2.40. The number of hydrogen-bond donors (Lipinski definition) is 4. The monoisotopic (exact) mass is 182 g/mol. The lowest BCUT2D eigenvalue weighted by molar-refractivity contribution is 0.353. The Morgan fingerprint density at radius 1 is 1.36 bits per heavy atom. The van der Waals surface area contributed by atoms with Crippen LogP contribution in [0.3, 0.4) is 0 Å². The highest BCUT2D eigenvalue weighted by molar-refractivity contribution is 7.52. The summed E-state index contributed by atoms with van der Waals surface area (Å²) in [5.41, 5.74) is 10.4. The van der Waals surface area contributed by atoms with E-state index in [0.717, 1.165) is 6.42 Å². The minimum absolute atomic E-state index is 0.335. The van der Waals surface area contributed by atoms with Crippen molar-refractivity contribution in [3.8, 4) is 0 Å². The topological polar surface area (TPSA) is 110 Å². The molecule has 0 spiro atoms. The third-order valence-electron chi connectivity index (χ3n) is 1.39. The second kappa shape index (κ2) is 4.85. The van der Waals surface area contributed by atoms with Crippen LogP contribution >= 0.6 is 7.60 Å². The van der Waals surface area contributed by atoms with Gasteiger partial charge in [0.25, 0.3) is 0 Å². The number of nitrogens with two attached hydrogens (primary N) is 2. The van der Waals surface area contributed by atoms with Crippen LogP contribution in [0.1, 0.15) is 19.3 Å². The zero-order valence-electron chi connectivity index (χ0n) is 6.31. The molecule has 0 aromatic rings. The van der Waals surface area contributed by atoms with E-state index in [4.69, 9.17) is 21.3 Å². The van der Waals surface area contributed by atoms with Gasteiger partial charge in [0.2, 0.25) is 0 Å². The first-order valence-corrected chi connectivity index (χ1v) is 5.17. The van der Waals surface area contributed by atoms with Crippen LogP contribution in [0.5, 0.6) is 0 Å². The van der Waals surface area contributed by atoms with E-state index in [1.165, 1.54) is 0 Å². The molecule has 0 aliphatic heterocycles. The Morgan fingerprint density at radius 2 is 1.91 bits per heavy atom. The molecule has 0 rings (SSSR count). The molecule has 0 fully saturated rings. The highest BCUT2D eigenvalue weighted by Gasteiger charge is 2.23. The van der Waals surface area contributed by atoms with Crippen molar-refractivity contribution in [2.75, 3.05) is 6.54 Å². The molecule has 1 atom stereocenters. The van der Waals surface area contributed by atoms with Gasteiger partial charge in [0, 0.05) is 0 Å². The first kappa shape index (κ1) is 11.1. The lowest BCUT2D eigenvalue weighted by Crippen LogP contribution is -2.20. The molecule has 0 aromatic carbocycles. The van der Waals surface area contributed by atoms with E-state index in [2.05, 4.69) is 0 Å². The van der Waals surface area contributed by atoms with Crippen LogP contribution in [0, 0.1) is 0 Å². The molecule has 68 valence electrons. The van der Waals surface area contributed by atoms with Gasteiger partial charge < -0.3 is 21.3 Å². The Bertz CT molecular complexity index is 147. The maximum absolute atomic E-state index is 10.5. The van der Waals surface area contributed by atoms with E-state index in [1.54, 1.807) is 0 Å². The molecule has 0 heterocycles. The molecule has 6 N–H and O–H groups in total. The van der Waals surface area contributed by atoms with E-state index in [-0.39, 0.29) is 0 Å². The van der Waals surface area contributed by atoms with E-state index in [0.29, 0.717) is 19.4 Å². The summed E-state index contributed by atoms with van der Waals surface area (Å²) in [5, 5.41) is 0. The lowest BCUT2D eigenvalue weighted by Gasteiger charge is -2.12. The maximum Gasteiger partial charge on any atom is 0.342 e. The van der Waals surface area contributed by atoms with Gasteiger partial charge in [0.05, 0.1) is 0 Å². The number of hydrogen-bond acceptors (Lipinski definition) is 3. The Labute approximate surface area is 65.9 Å². The van der Waals surface area contributed by atoms with E-state index in [9.17, 15) is 4.57 Å². The predicted octanol–water partition coefficient (Wildman–Crippen LogP) is -0.422. The molecule has 0 aliphatic rings. The molecule has 11 heavy (non-hydrogen) atoms. The smallest absolute Gasteiger partial charge is 0.330 e. The summed E-state index contributed by atoms with van der Waals surface area (Å²) in [5.74, 6) is -1.02. The molecule has 0 saturated heterocycles. The van der Waals surface area contributed by atoms with Gasteiger partial charge in [0.1, 0.15) is 5.78 Å². The average molecular weight is 182 g/mol. The Balaban J connectivity index is 3.53. The van der Waals surface area contributed by atoms with Crippen molar-refractivity contribution in [1.82, 2.24) is 0 Å². The summed E-state index contributed by atoms with van der Waals surface area (Å²) in [6.45, 7) is 0.536. The van der Waals surface area contributed by atoms with Gasteiger partial charge in [0.15, 0.2) is 0 Å². The van der Waals surface area contributed by atoms with Gasteiger partial charge in [-0.3, -0.25) is 4.57 Å². The first-order valence-electron chi connectivity index (χ1n) is 3.49. The fourth-order valence-corrected chi connectivity index (χ4v) is 1.18. The van der Waals surface area contributed by atoms with Crippen LogP contribution in [0.15, 0.2) is 0 Å². The number of unbranched alkanes of at least 4 members (excludes halogenated alkanes) is 1. The third-order valence-corrected chi connectivity index (χ3v) is 2.51. The van der Waals surface area contributed by atoms with Crippen LogP contribution < -0.4 is 11.5 Å². The quantitative estimate of drug-likeness (QED) is 0.341. The largest absolute Gasteiger partial charge is 0.342 e. The average Bonchev–Trinajstić information content (AvgIpc) is 1.86. The fraction of sp³-hybridized carbons (Fsp3) is 1.00. The van der Waals surface area contributed by atoms with Crippen molar-refractivity contribution in [2.45, 2.75) is 25.0 Å². The summed E-state index contributed by atoms with van der Waals surface area (Å²) in [7, 11) is -4.06. The molecule has 0 bridgehead atoms. The lowest BCUT2D eigenvalue weighted by atomic mass is 10.2. The van der Waals surface area contributed by atoms with Crippen molar-refractivity contribution in [1.29, 1.82) is 0 Å². The number of rotatable bonds is 5. The van der Waals surface area contributed by atoms with E-state index < -0.39 is 13.4 Å². The molecule has 5 nitrogen and oxygen atoms in total. The van der Waals surface area contributed by atoms with Crippen LogP contribution in [0.2, 0.25) is 0 Å². The molecular weight excluding hydrogens is 167 g/mol. The van der Waals surface area contributed by atoms with Gasteiger partial charge in [-0.05, 0) is 25.8 Å². The minimum Gasteiger partial charge on any atom is -0.330 e. The highest BCUT2D eigenvalue weighted by atomic mass is 31.2. The molecule has 6 heteroatoms. The van der Waals surface area contributed by atoms with Gasteiger partial charge in [-0.15, -0.1) is 0 Å². The molecule has 0 unspecified atom stereocenters. The van der Waals surface area contributed by atoms with Crippen molar-refractivity contribution in [3.05, 3.63) is 0 Å².